The second-order valence-electron chi connectivity index (χ2n) is 4.03. The first kappa shape index (κ1) is 12.3. The molecule has 1 fully saturated rings. The zero-order valence-corrected chi connectivity index (χ0v) is 10.2. The monoisotopic (exact) mass is 217 g/mol. The van der Waals surface area contributed by atoms with Crippen molar-refractivity contribution in [1.29, 1.82) is 0 Å². The lowest BCUT2D eigenvalue weighted by atomic mass is 9.89. The summed E-state index contributed by atoms with van der Waals surface area (Å²) >= 11 is 1.95. The third-order valence-electron chi connectivity index (χ3n) is 2.89. The molecule has 84 valence electrons. The van der Waals surface area contributed by atoms with E-state index in [1.54, 1.807) is 0 Å². The van der Waals surface area contributed by atoms with Gasteiger partial charge in [-0.3, -0.25) is 0 Å². The van der Waals surface area contributed by atoms with Gasteiger partial charge in [-0.25, -0.2) is 0 Å². The molecule has 2 nitrogen and oxygen atoms in total. The van der Waals surface area contributed by atoms with Gasteiger partial charge >= 0.3 is 0 Å². The van der Waals surface area contributed by atoms with Gasteiger partial charge in [0.25, 0.3) is 0 Å². The molecule has 0 aromatic carbocycles. The van der Waals surface area contributed by atoms with E-state index in [1.807, 2.05) is 18.9 Å². The number of hydrogen-bond donors (Lipinski definition) is 1. The quantitative estimate of drug-likeness (QED) is 0.630. The Bertz CT molecular complexity index is 137. The van der Waals surface area contributed by atoms with Crippen LogP contribution in [0.5, 0.6) is 0 Å². The molecule has 0 radical (unpaired) electrons. The van der Waals surface area contributed by atoms with Crippen molar-refractivity contribution < 1.29 is 4.74 Å². The van der Waals surface area contributed by atoms with Gasteiger partial charge in [0.05, 0.1) is 6.10 Å². The number of rotatable bonds is 8. The normalized spacial score (nSPS) is 26.1. The molecular weight excluding hydrogens is 194 g/mol. The molecular formula is C11H23NOS. The molecule has 0 saturated heterocycles. The summed E-state index contributed by atoms with van der Waals surface area (Å²) in [7, 11) is 1.81. The van der Waals surface area contributed by atoms with Crippen LogP contribution in [0.15, 0.2) is 0 Å². The fourth-order valence-electron chi connectivity index (χ4n) is 1.78. The van der Waals surface area contributed by atoms with E-state index in [9.17, 15) is 0 Å². The molecule has 0 spiro atoms. The first-order chi connectivity index (χ1) is 6.86. The van der Waals surface area contributed by atoms with Crippen molar-refractivity contribution in [2.45, 2.75) is 44.2 Å². The Kier molecular flexibility index (Phi) is 6.65. The summed E-state index contributed by atoms with van der Waals surface area (Å²) in [5.41, 5.74) is 0. The first-order valence-electron chi connectivity index (χ1n) is 5.62. The van der Waals surface area contributed by atoms with Crippen LogP contribution in [0.4, 0.5) is 0 Å². The second kappa shape index (κ2) is 7.55. The second-order valence-corrected chi connectivity index (χ2v) is 5.02. The van der Waals surface area contributed by atoms with Crippen LogP contribution in [0.1, 0.15) is 32.1 Å². The van der Waals surface area contributed by atoms with Crippen LogP contribution in [0.25, 0.3) is 0 Å². The summed E-state index contributed by atoms with van der Waals surface area (Å²) in [5, 5.41) is 3.57. The molecule has 14 heavy (non-hydrogen) atoms. The maximum Gasteiger partial charge on any atom is 0.0601 e. The molecule has 0 bridgehead atoms. The summed E-state index contributed by atoms with van der Waals surface area (Å²) in [6.45, 7) is 1.19. The van der Waals surface area contributed by atoms with Crippen molar-refractivity contribution in [2.24, 2.45) is 0 Å². The predicted molar refractivity (Wildman–Crippen MR) is 64.1 cm³/mol. The molecule has 1 N–H and O–H groups in total. The molecule has 0 unspecified atom stereocenters. The van der Waals surface area contributed by atoms with Crippen molar-refractivity contribution in [2.75, 3.05) is 25.7 Å². The number of unbranched alkanes of at least 4 members (excludes halogenated alkanes) is 2. The van der Waals surface area contributed by atoms with Gasteiger partial charge in [-0.05, 0) is 44.2 Å². The molecule has 1 aliphatic rings. The lowest BCUT2D eigenvalue weighted by Gasteiger charge is -2.34. The van der Waals surface area contributed by atoms with Crippen molar-refractivity contribution >= 4 is 11.8 Å². The highest BCUT2D eigenvalue weighted by Gasteiger charge is 2.27. The fourth-order valence-corrected chi connectivity index (χ4v) is 2.27. The van der Waals surface area contributed by atoms with E-state index in [2.05, 4.69) is 11.6 Å². The maximum absolute atomic E-state index is 5.23. The molecule has 0 heterocycles. The summed E-state index contributed by atoms with van der Waals surface area (Å²) in [4.78, 5) is 0. The molecule has 1 saturated carbocycles. The van der Waals surface area contributed by atoms with Crippen molar-refractivity contribution in [3.8, 4) is 0 Å². The van der Waals surface area contributed by atoms with Crippen LogP contribution >= 0.6 is 11.8 Å². The third kappa shape index (κ3) is 4.67. The third-order valence-corrected chi connectivity index (χ3v) is 3.58. The van der Waals surface area contributed by atoms with Gasteiger partial charge in [0.1, 0.15) is 0 Å². The van der Waals surface area contributed by atoms with Gasteiger partial charge in [0.15, 0.2) is 0 Å². The van der Waals surface area contributed by atoms with Gasteiger partial charge < -0.3 is 10.1 Å². The van der Waals surface area contributed by atoms with Crippen molar-refractivity contribution in [3.63, 3.8) is 0 Å². The summed E-state index contributed by atoms with van der Waals surface area (Å²) in [6.07, 6.45) is 9.20. The number of methoxy groups -OCH3 is 1. The Morgan fingerprint density at radius 1 is 1.29 bits per heavy atom. The minimum absolute atomic E-state index is 0.531. The SMILES string of the molecule is COC1CC(NCCCCCSC)C1. The zero-order chi connectivity index (χ0) is 10.2. The highest BCUT2D eigenvalue weighted by molar-refractivity contribution is 7.98. The lowest BCUT2D eigenvalue weighted by molar-refractivity contribution is 0.0175. The van der Waals surface area contributed by atoms with E-state index in [1.165, 1.54) is 44.4 Å². The molecule has 0 aliphatic heterocycles. The van der Waals surface area contributed by atoms with Crippen molar-refractivity contribution in [3.05, 3.63) is 0 Å². The highest BCUT2D eigenvalue weighted by atomic mass is 32.2. The van der Waals surface area contributed by atoms with Gasteiger partial charge in [-0.1, -0.05) is 6.42 Å². The zero-order valence-electron chi connectivity index (χ0n) is 9.42. The van der Waals surface area contributed by atoms with Crippen LogP contribution in [-0.2, 0) is 4.74 Å². The number of nitrogens with one attached hydrogen (secondary N) is 1. The average molecular weight is 217 g/mol. The van der Waals surface area contributed by atoms with Gasteiger partial charge in [0.2, 0.25) is 0 Å². The Morgan fingerprint density at radius 2 is 2.07 bits per heavy atom. The molecule has 1 aliphatic carbocycles. The van der Waals surface area contributed by atoms with Gasteiger partial charge in [-0.2, -0.15) is 11.8 Å². The smallest absolute Gasteiger partial charge is 0.0601 e. The molecule has 0 atom stereocenters. The Balaban J connectivity index is 1.77. The lowest BCUT2D eigenvalue weighted by Crippen LogP contribution is -2.45. The number of hydrogen-bond acceptors (Lipinski definition) is 3. The van der Waals surface area contributed by atoms with E-state index >= 15 is 0 Å². The van der Waals surface area contributed by atoms with Crippen LogP contribution in [0.3, 0.4) is 0 Å². The minimum Gasteiger partial charge on any atom is -0.381 e. The van der Waals surface area contributed by atoms with Gasteiger partial charge in [-0.15, -0.1) is 0 Å². The van der Waals surface area contributed by atoms with Gasteiger partial charge in [0, 0.05) is 13.2 Å². The molecule has 0 aromatic rings. The molecule has 0 aromatic heterocycles. The van der Waals surface area contributed by atoms with E-state index < -0.39 is 0 Å². The Labute approximate surface area is 92.2 Å². The van der Waals surface area contributed by atoms with E-state index in [0.717, 1.165) is 6.04 Å². The van der Waals surface area contributed by atoms with Crippen LogP contribution < -0.4 is 5.32 Å². The molecule has 1 rings (SSSR count). The Hall–Kier alpha value is 0.270. The van der Waals surface area contributed by atoms with Crippen LogP contribution in [0.2, 0.25) is 0 Å². The molecule has 3 heteroatoms. The topological polar surface area (TPSA) is 21.3 Å². The summed E-state index contributed by atoms with van der Waals surface area (Å²) in [6, 6.07) is 0.737. The first-order valence-corrected chi connectivity index (χ1v) is 7.01. The van der Waals surface area contributed by atoms with E-state index in [-0.39, 0.29) is 0 Å². The highest BCUT2D eigenvalue weighted by Crippen LogP contribution is 2.22. The average Bonchev–Trinajstić information content (AvgIpc) is 2.14. The minimum atomic E-state index is 0.531. The fraction of sp³-hybridized carbons (Fsp3) is 1.00. The number of ether oxygens (including phenoxy) is 1. The number of thioether (sulfide) groups is 1. The Morgan fingerprint density at radius 3 is 2.71 bits per heavy atom. The predicted octanol–water partition coefficient (Wildman–Crippen LogP) is 2.29. The largest absolute Gasteiger partial charge is 0.381 e. The molecule has 0 amide bonds. The van der Waals surface area contributed by atoms with Crippen LogP contribution in [-0.4, -0.2) is 37.8 Å². The van der Waals surface area contributed by atoms with Crippen molar-refractivity contribution in [1.82, 2.24) is 5.32 Å². The van der Waals surface area contributed by atoms with E-state index in [0.29, 0.717) is 6.10 Å². The maximum atomic E-state index is 5.23. The van der Waals surface area contributed by atoms with Crippen LogP contribution in [0, 0.1) is 0 Å². The standard InChI is InChI=1S/C11H23NOS/c1-13-11-8-10(9-11)12-6-4-3-5-7-14-2/h10-12H,3-9H2,1-2H3. The summed E-state index contributed by atoms with van der Waals surface area (Å²) < 4.78 is 5.23. The summed E-state index contributed by atoms with van der Waals surface area (Å²) in [5.74, 6) is 1.31. The van der Waals surface area contributed by atoms with E-state index in [4.69, 9.17) is 4.74 Å².